The maximum atomic E-state index is 12.0. The molecule has 0 bridgehead atoms. The first-order valence-electron chi connectivity index (χ1n) is 6.36. The van der Waals surface area contributed by atoms with E-state index in [1.807, 2.05) is 11.8 Å². The minimum atomic E-state index is -0.0596. The van der Waals surface area contributed by atoms with E-state index in [4.69, 9.17) is 5.73 Å². The van der Waals surface area contributed by atoms with Gasteiger partial charge in [0.05, 0.1) is 0 Å². The lowest BCUT2D eigenvalue weighted by molar-refractivity contribution is -0.132. The standard InChI is InChI=1S/C13H28N2O/c1-6-8-9-15(7-2)12(16)10-11(14)13(3,4)5/h11H,6-10,14H2,1-5H3. The highest BCUT2D eigenvalue weighted by Gasteiger charge is 2.24. The summed E-state index contributed by atoms with van der Waals surface area (Å²) in [4.78, 5) is 13.9. The smallest absolute Gasteiger partial charge is 0.224 e. The Morgan fingerprint density at radius 1 is 1.31 bits per heavy atom. The van der Waals surface area contributed by atoms with Gasteiger partial charge in [-0.1, -0.05) is 34.1 Å². The van der Waals surface area contributed by atoms with Gasteiger partial charge in [-0.15, -0.1) is 0 Å². The molecule has 3 nitrogen and oxygen atoms in total. The molecule has 0 radical (unpaired) electrons. The molecule has 16 heavy (non-hydrogen) atoms. The molecule has 0 aromatic carbocycles. The van der Waals surface area contributed by atoms with Crippen LogP contribution in [-0.2, 0) is 4.79 Å². The monoisotopic (exact) mass is 228 g/mol. The van der Waals surface area contributed by atoms with E-state index in [-0.39, 0.29) is 17.4 Å². The number of nitrogens with two attached hydrogens (primary N) is 1. The number of amides is 1. The first kappa shape index (κ1) is 15.4. The average molecular weight is 228 g/mol. The van der Waals surface area contributed by atoms with Gasteiger partial charge in [-0.3, -0.25) is 4.79 Å². The minimum Gasteiger partial charge on any atom is -0.343 e. The van der Waals surface area contributed by atoms with Crippen molar-refractivity contribution in [3.63, 3.8) is 0 Å². The fourth-order valence-electron chi connectivity index (χ4n) is 1.43. The molecule has 1 atom stereocenters. The quantitative estimate of drug-likeness (QED) is 0.759. The first-order valence-corrected chi connectivity index (χ1v) is 6.36. The largest absolute Gasteiger partial charge is 0.343 e. The van der Waals surface area contributed by atoms with Gasteiger partial charge in [0.2, 0.25) is 5.91 Å². The van der Waals surface area contributed by atoms with Crippen LogP contribution in [0.15, 0.2) is 0 Å². The third-order valence-electron chi connectivity index (χ3n) is 3.02. The molecule has 3 heteroatoms. The van der Waals surface area contributed by atoms with Gasteiger partial charge < -0.3 is 10.6 Å². The summed E-state index contributed by atoms with van der Waals surface area (Å²) in [6, 6.07) is -0.0596. The molecule has 1 amide bonds. The summed E-state index contributed by atoms with van der Waals surface area (Å²) < 4.78 is 0. The third kappa shape index (κ3) is 5.50. The van der Waals surface area contributed by atoms with E-state index in [1.165, 1.54) is 0 Å². The summed E-state index contributed by atoms with van der Waals surface area (Å²) in [5.41, 5.74) is 6.03. The summed E-state index contributed by atoms with van der Waals surface area (Å²) in [5.74, 6) is 0.193. The van der Waals surface area contributed by atoms with Crippen molar-refractivity contribution in [2.75, 3.05) is 13.1 Å². The normalized spacial score (nSPS) is 13.6. The molecule has 96 valence electrons. The second-order valence-electron chi connectivity index (χ2n) is 5.50. The van der Waals surface area contributed by atoms with Crippen LogP contribution in [0.4, 0.5) is 0 Å². The summed E-state index contributed by atoms with van der Waals surface area (Å²) in [6.45, 7) is 12.0. The SMILES string of the molecule is CCCCN(CC)C(=O)CC(N)C(C)(C)C. The Morgan fingerprint density at radius 2 is 1.88 bits per heavy atom. The first-order chi connectivity index (χ1) is 7.32. The molecule has 0 aliphatic rings. The number of hydrogen-bond acceptors (Lipinski definition) is 2. The molecule has 0 aromatic heterocycles. The molecule has 0 saturated carbocycles. The molecule has 0 saturated heterocycles. The van der Waals surface area contributed by atoms with Crippen molar-refractivity contribution >= 4 is 5.91 Å². The Kier molecular flexibility index (Phi) is 6.65. The maximum absolute atomic E-state index is 12.0. The summed E-state index contributed by atoms with van der Waals surface area (Å²) in [5, 5.41) is 0. The van der Waals surface area contributed by atoms with E-state index >= 15 is 0 Å². The summed E-state index contributed by atoms with van der Waals surface area (Å²) in [7, 11) is 0. The second-order valence-corrected chi connectivity index (χ2v) is 5.50. The topological polar surface area (TPSA) is 46.3 Å². The van der Waals surface area contributed by atoms with Crippen LogP contribution in [0.2, 0.25) is 0 Å². The van der Waals surface area contributed by atoms with Crippen molar-refractivity contribution in [2.24, 2.45) is 11.1 Å². The van der Waals surface area contributed by atoms with Gasteiger partial charge >= 0.3 is 0 Å². The number of nitrogens with zero attached hydrogens (tertiary/aromatic N) is 1. The molecule has 0 aliphatic heterocycles. The molecular weight excluding hydrogens is 200 g/mol. The van der Waals surface area contributed by atoms with Gasteiger partial charge in [0.1, 0.15) is 0 Å². The maximum Gasteiger partial charge on any atom is 0.224 e. The fraction of sp³-hybridized carbons (Fsp3) is 0.923. The fourth-order valence-corrected chi connectivity index (χ4v) is 1.43. The minimum absolute atomic E-state index is 0.000171. The number of hydrogen-bond donors (Lipinski definition) is 1. The van der Waals surface area contributed by atoms with E-state index in [0.29, 0.717) is 6.42 Å². The van der Waals surface area contributed by atoms with Crippen LogP contribution >= 0.6 is 0 Å². The second kappa shape index (κ2) is 6.89. The van der Waals surface area contributed by atoms with Crippen molar-refractivity contribution in [2.45, 2.75) is 59.9 Å². The van der Waals surface area contributed by atoms with Crippen LogP contribution in [-0.4, -0.2) is 29.9 Å². The van der Waals surface area contributed by atoms with Crippen LogP contribution in [0.5, 0.6) is 0 Å². The average Bonchev–Trinajstić information content (AvgIpc) is 2.17. The van der Waals surface area contributed by atoms with Gasteiger partial charge in [0.25, 0.3) is 0 Å². The van der Waals surface area contributed by atoms with Crippen LogP contribution in [0.25, 0.3) is 0 Å². The van der Waals surface area contributed by atoms with Crippen LogP contribution in [0.1, 0.15) is 53.9 Å². The lowest BCUT2D eigenvalue weighted by Gasteiger charge is -2.29. The Labute approximate surface area is 100 Å². The van der Waals surface area contributed by atoms with Crippen molar-refractivity contribution in [1.82, 2.24) is 4.90 Å². The van der Waals surface area contributed by atoms with Crippen LogP contribution in [0.3, 0.4) is 0 Å². The predicted octanol–water partition coefficient (Wildman–Crippen LogP) is 2.40. The van der Waals surface area contributed by atoms with Gasteiger partial charge in [0, 0.05) is 25.6 Å². The molecule has 0 fully saturated rings. The Balaban J connectivity index is 4.21. The number of carbonyl (C=O) groups is 1. The van der Waals surface area contributed by atoms with E-state index < -0.39 is 0 Å². The van der Waals surface area contributed by atoms with E-state index in [9.17, 15) is 4.79 Å². The third-order valence-corrected chi connectivity index (χ3v) is 3.02. The lowest BCUT2D eigenvalue weighted by atomic mass is 9.85. The number of carbonyl (C=O) groups excluding carboxylic acids is 1. The van der Waals surface area contributed by atoms with Gasteiger partial charge in [-0.2, -0.15) is 0 Å². The molecular formula is C13H28N2O. The molecule has 0 spiro atoms. The molecule has 0 heterocycles. The van der Waals surface area contributed by atoms with E-state index in [2.05, 4.69) is 27.7 Å². The van der Waals surface area contributed by atoms with Crippen LogP contribution in [0, 0.1) is 5.41 Å². The Hall–Kier alpha value is -0.570. The zero-order valence-corrected chi connectivity index (χ0v) is 11.5. The predicted molar refractivity (Wildman–Crippen MR) is 69.2 cm³/mol. The lowest BCUT2D eigenvalue weighted by Crippen LogP contribution is -2.42. The Bertz CT molecular complexity index is 208. The number of rotatable bonds is 6. The molecule has 2 N–H and O–H groups in total. The summed E-state index contributed by atoms with van der Waals surface area (Å²) >= 11 is 0. The zero-order valence-electron chi connectivity index (χ0n) is 11.5. The molecule has 1 unspecified atom stereocenters. The van der Waals surface area contributed by atoms with Gasteiger partial charge in [-0.25, -0.2) is 0 Å². The molecule has 0 rings (SSSR count). The van der Waals surface area contributed by atoms with Crippen molar-refractivity contribution in [1.29, 1.82) is 0 Å². The van der Waals surface area contributed by atoms with Crippen molar-refractivity contribution < 1.29 is 4.79 Å². The van der Waals surface area contributed by atoms with E-state index in [0.717, 1.165) is 25.9 Å². The Morgan fingerprint density at radius 3 is 2.25 bits per heavy atom. The highest BCUT2D eigenvalue weighted by molar-refractivity contribution is 5.76. The van der Waals surface area contributed by atoms with Crippen molar-refractivity contribution in [3.05, 3.63) is 0 Å². The highest BCUT2D eigenvalue weighted by atomic mass is 16.2. The molecule has 0 aliphatic carbocycles. The highest BCUT2D eigenvalue weighted by Crippen LogP contribution is 2.20. The van der Waals surface area contributed by atoms with Gasteiger partial charge in [0.15, 0.2) is 0 Å². The van der Waals surface area contributed by atoms with E-state index in [1.54, 1.807) is 0 Å². The number of unbranched alkanes of at least 4 members (excludes halogenated alkanes) is 1. The van der Waals surface area contributed by atoms with Crippen molar-refractivity contribution in [3.8, 4) is 0 Å². The van der Waals surface area contributed by atoms with Gasteiger partial charge in [-0.05, 0) is 18.8 Å². The summed E-state index contributed by atoms with van der Waals surface area (Å²) in [6.07, 6.45) is 2.65. The van der Waals surface area contributed by atoms with Crippen LogP contribution < -0.4 is 5.73 Å². The molecule has 0 aromatic rings. The zero-order chi connectivity index (χ0) is 12.8.